The van der Waals surface area contributed by atoms with Gasteiger partial charge in [-0.15, -0.1) is 0 Å². The highest BCUT2D eigenvalue weighted by molar-refractivity contribution is 6.02. The molecular formula is C25H30N4O3. The number of aryl methyl sites for hydroxylation is 1. The molecule has 3 rings (SSSR count). The van der Waals surface area contributed by atoms with Crippen LogP contribution in [-0.4, -0.2) is 57.5 Å². The largest absolute Gasteiger partial charge is 0.508 e. The Morgan fingerprint density at radius 3 is 2.25 bits per heavy atom. The van der Waals surface area contributed by atoms with E-state index in [2.05, 4.69) is 24.5 Å². The van der Waals surface area contributed by atoms with Crippen LogP contribution >= 0.6 is 0 Å². The van der Waals surface area contributed by atoms with Crippen LogP contribution in [0.2, 0.25) is 0 Å². The molecule has 1 aromatic heterocycles. The second kappa shape index (κ2) is 9.73. The molecule has 0 bridgehead atoms. The molecule has 0 saturated carbocycles. The monoisotopic (exact) mass is 434 g/mol. The van der Waals surface area contributed by atoms with Gasteiger partial charge in [0.2, 0.25) is 0 Å². The standard InChI is InChI=1S/C25H30N4O3/c1-17(2)16-29-18(3)13-21(19(29)4)14-22(15-26)25(32)28-11-9-27(10-12-28)24(31)20-5-7-23(30)8-6-20/h5-8,13-14,17,30H,9-12,16H2,1-4H3/b22-14-. The van der Waals surface area contributed by atoms with Crippen molar-refractivity contribution in [3.05, 3.63) is 58.4 Å². The van der Waals surface area contributed by atoms with Gasteiger partial charge in [-0.1, -0.05) is 13.8 Å². The van der Waals surface area contributed by atoms with E-state index in [9.17, 15) is 20.0 Å². The fourth-order valence-corrected chi connectivity index (χ4v) is 3.99. The maximum absolute atomic E-state index is 13.0. The Labute approximate surface area is 189 Å². The number of benzene rings is 1. The normalized spacial score (nSPS) is 14.6. The number of aromatic nitrogens is 1. The van der Waals surface area contributed by atoms with Crippen molar-refractivity contribution in [1.82, 2.24) is 14.4 Å². The molecule has 0 unspecified atom stereocenters. The number of phenolic OH excluding ortho intramolecular Hbond substituents is 1. The maximum atomic E-state index is 13.0. The van der Waals surface area contributed by atoms with Gasteiger partial charge in [-0.3, -0.25) is 9.59 Å². The molecule has 0 atom stereocenters. The predicted octanol–water partition coefficient (Wildman–Crippen LogP) is 3.36. The summed E-state index contributed by atoms with van der Waals surface area (Å²) in [5.41, 5.74) is 3.63. The van der Waals surface area contributed by atoms with Gasteiger partial charge in [0.05, 0.1) is 0 Å². The first-order valence-corrected chi connectivity index (χ1v) is 10.9. The Morgan fingerprint density at radius 2 is 1.69 bits per heavy atom. The molecule has 0 spiro atoms. The van der Waals surface area contributed by atoms with Crippen LogP contribution in [0.3, 0.4) is 0 Å². The topological polar surface area (TPSA) is 89.6 Å². The summed E-state index contributed by atoms with van der Waals surface area (Å²) in [7, 11) is 0. The summed E-state index contributed by atoms with van der Waals surface area (Å²) in [4.78, 5) is 29.0. The van der Waals surface area contributed by atoms with Crippen LogP contribution in [0.5, 0.6) is 5.75 Å². The van der Waals surface area contributed by atoms with E-state index < -0.39 is 0 Å². The van der Waals surface area contributed by atoms with Gasteiger partial charge in [0.15, 0.2) is 0 Å². The van der Waals surface area contributed by atoms with Crippen LogP contribution in [0.25, 0.3) is 6.08 Å². The Bertz CT molecular complexity index is 1070. The van der Waals surface area contributed by atoms with Crippen LogP contribution in [0, 0.1) is 31.1 Å². The van der Waals surface area contributed by atoms with Crippen LogP contribution in [0.1, 0.15) is 41.2 Å². The van der Waals surface area contributed by atoms with Crippen LogP contribution in [-0.2, 0) is 11.3 Å². The third-order valence-corrected chi connectivity index (χ3v) is 5.78. The first kappa shape index (κ1) is 23.1. The first-order valence-electron chi connectivity index (χ1n) is 10.9. The Morgan fingerprint density at radius 1 is 1.09 bits per heavy atom. The van der Waals surface area contributed by atoms with E-state index in [0.29, 0.717) is 37.7 Å². The second-order valence-corrected chi connectivity index (χ2v) is 8.63. The Hall–Kier alpha value is -3.53. The van der Waals surface area contributed by atoms with E-state index in [4.69, 9.17) is 0 Å². The van der Waals surface area contributed by atoms with Gasteiger partial charge in [0, 0.05) is 49.7 Å². The molecule has 2 heterocycles. The van der Waals surface area contributed by atoms with E-state index in [1.165, 1.54) is 12.1 Å². The Balaban J connectivity index is 1.69. The number of hydrogen-bond acceptors (Lipinski definition) is 4. The lowest BCUT2D eigenvalue weighted by Crippen LogP contribution is -2.50. The van der Waals surface area contributed by atoms with Crippen molar-refractivity contribution in [3.8, 4) is 11.8 Å². The quantitative estimate of drug-likeness (QED) is 0.577. The molecule has 1 aliphatic heterocycles. The zero-order chi connectivity index (χ0) is 23.4. The molecule has 2 aromatic rings. The number of amides is 2. The van der Waals surface area contributed by atoms with Crippen molar-refractivity contribution in [1.29, 1.82) is 5.26 Å². The number of carbonyl (C=O) groups excluding carboxylic acids is 2. The van der Waals surface area contributed by atoms with Gasteiger partial charge in [-0.05, 0) is 61.7 Å². The van der Waals surface area contributed by atoms with Crippen LogP contribution in [0.15, 0.2) is 35.9 Å². The smallest absolute Gasteiger partial charge is 0.264 e. The summed E-state index contributed by atoms with van der Waals surface area (Å²) in [6.07, 6.45) is 1.68. The fourth-order valence-electron chi connectivity index (χ4n) is 3.99. The van der Waals surface area contributed by atoms with Gasteiger partial charge < -0.3 is 19.5 Å². The van der Waals surface area contributed by atoms with Crippen molar-refractivity contribution in [2.24, 2.45) is 5.92 Å². The minimum atomic E-state index is -0.308. The Kier molecular flexibility index (Phi) is 7.04. The molecule has 1 fully saturated rings. The molecule has 1 aliphatic rings. The molecule has 1 aromatic carbocycles. The SMILES string of the molecule is Cc1cc(/C=C(/C#N)C(=O)N2CCN(C(=O)c3ccc(O)cc3)CC2)c(C)n1CC(C)C. The van der Waals surface area contributed by atoms with Gasteiger partial charge in [-0.25, -0.2) is 0 Å². The van der Waals surface area contributed by atoms with Crippen molar-refractivity contribution in [2.45, 2.75) is 34.2 Å². The van der Waals surface area contributed by atoms with Gasteiger partial charge >= 0.3 is 0 Å². The summed E-state index contributed by atoms with van der Waals surface area (Å²) in [5.74, 6) is 0.163. The lowest BCUT2D eigenvalue weighted by Gasteiger charge is -2.34. The summed E-state index contributed by atoms with van der Waals surface area (Å²) in [6, 6.07) is 10.2. The molecule has 7 heteroatoms. The lowest BCUT2D eigenvalue weighted by molar-refractivity contribution is -0.128. The van der Waals surface area contributed by atoms with Crippen molar-refractivity contribution < 1.29 is 14.7 Å². The number of carbonyl (C=O) groups is 2. The second-order valence-electron chi connectivity index (χ2n) is 8.63. The highest BCUT2D eigenvalue weighted by Crippen LogP contribution is 2.21. The van der Waals surface area contributed by atoms with Gasteiger partial charge in [-0.2, -0.15) is 5.26 Å². The number of hydrogen-bond donors (Lipinski definition) is 1. The summed E-state index contributed by atoms with van der Waals surface area (Å²) < 4.78 is 2.21. The molecule has 2 amide bonds. The van der Waals surface area contributed by atoms with Crippen molar-refractivity contribution >= 4 is 17.9 Å². The molecule has 1 N–H and O–H groups in total. The zero-order valence-corrected chi connectivity index (χ0v) is 19.1. The number of nitriles is 1. The minimum absolute atomic E-state index is 0.105. The molecular weight excluding hydrogens is 404 g/mol. The maximum Gasteiger partial charge on any atom is 0.264 e. The number of rotatable bonds is 5. The minimum Gasteiger partial charge on any atom is -0.508 e. The summed E-state index contributed by atoms with van der Waals surface area (Å²) in [5, 5.41) is 19.1. The fraction of sp³-hybridized carbons (Fsp3) is 0.400. The van der Waals surface area contributed by atoms with E-state index >= 15 is 0 Å². The molecule has 0 radical (unpaired) electrons. The molecule has 7 nitrogen and oxygen atoms in total. The molecule has 1 saturated heterocycles. The average Bonchev–Trinajstić information content (AvgIpc) is 3.04. The molecule has 0 aliphatic carbocycles. The third-order valence-electron chi connectivity index (χ3n) is 5.78. The summed E-state index contributed by atoms with van der Waals surface area (Å²) >= 11 is 0. The van der Waals surface area contributed by atoms with E-state index in [0.717, 1.165) is 23.5 Å². The van der Waals surface area contributed by atoms with E-state index in [-0.39, 0.29) is 23.1 Å². The zero-order valence-electron chi connectivity index (χ0n) is 19.1. The highest BCUT2D eigenvalue weighted by Gasteiger charge is 2.27. The average molecular weight is 435 g/mol. The van der Waals surface area contributed by atoms with Crippen LogP contribution in [0.4, 0.5) is 0 Å². The van der Waals surface area contributed by atoms with E-state index in [1.807, 2.05) is 19.9 Å². The van der Waals surface area contributed by atoms with Crippen molar-refractivity contribution in [2.75, 3.05) is 26.2 Å². The lowest BCUT2D eigenvalue weighted by atomic mass is 10.1. The number of aromatic hydroxyl groups is 1. The molecule has 168 valence electrons. The van der Waals surface area contributed by atoms with Crippen molar-refractivity contribution in [3.63, 3.8) is 0 Å². The third kappa shape index (κ3) is 5.02. The number of piperazine rings is 1. The summed E-state index contributed by atoms with van der Waals surface area (Å²) in [6.45, 7) is 10.8. The highest BCUT2D eigenvalue weighted by atomic mass is 16.3. The molecule has 32 heavy (non-hydrogen) atoms. The van der Waals surface area contributed by atoms with E-state index in [1.54, 1.807) is 28.0 Å². The first-order chi connectivity index (χ1) is 15.2. The number of phenols is 1. The van der Waals surface area contributed by atoms with Gasteiger partial charge in [0.1, 0.15) is 17.4 Å². The predicted molar refractivity (Wildman–Crippen MR) is 123 cm³/mol. The number of nitrogens with zero attached hydrogens (tertiary/aromatic N) is 4. The van der Waals surface area contributed by atoms with Gasteiger partial charge in [0.25, 0.3) is 11.8 Å². The van der Waals surface area contributed by atoms with Crippen LogP contribution < -0.4 is 0 Å².